The van der Waals surface area contributed by atoms with E-state index in [1.165, 1.54) is 11.3 Å². The van der Waals surface area contributed by atoms with E-state index in [4.69, 9.17) is 4.74 Å². The number of thiazole rings is 1. The van der Waals surface area contributed by atoms with E-state index in [0.717, 1.165) is 38.1 Å². The molecule has 0 radical (unpaired) electrons. The van der Waals surface area contributed by atoms with Gasteiger partial charge in [-0.15, -0.1) is 11.3 Å². The zero-order valence-electron chi connectivity index (χ0n) is 12.4. The summed E-state index contributed by atoms with van der Waals surface area (Å²) in [6, 6.07) is 0. The minimum Gasteiger partial charge on any atom is -0.496 e. The number of aromatic nitrogens is 2. The van der Waals surface area contributed by atoms with Crippen molar-refractivity contribution in [2.75, 3.05) is 7.11 Å². The molecular weight excluding hydrogens is 272 g/mol. The topological polar surface area (TPSA) is 52.1 Å². The second kappa shape index (κ2) is 5.71. The molecule has 2 aromatic rings. The molecule has 20 heavy (non-hydrogen) atoms. The van der Waals surface area contributed by atoms with Gasteiger partial charge in [-0.2, -0.15) is 0 Å². The summed E-state index contributed by atoms with van der Waals surface area (Å²) < 4.78 is 5.37. The maximum atomic E-state index is 12.4. The Morgan fingerprint density at radius 3 is 2.55 bits per heavy atom. The quantitative estimate of drug-likeness (QED) is 0.811. The molecule has 4 nitrogen and oxygen atoms in total. The Morgan fingerprint density at radius 1 is 1.30 bits per heavy atom. The smallest absolute Gasteiger partial charge is 0.180 e. The van der Waals surface area contributed by atoms with Crippen LogP contribution in [0.2, 0.25) is 0 Å². The molecule has 0 N–H and O–H groups in total. The molecule has 0 aliphatic rings. The van der Waals surface area contributed by atoms with Crippen molar-refractivity contribution < 1.29 is 9.53 Å². The van der Waals surface area contributed by atoms with Crippen LogP contribution in [-0.4, -0.2) is 22.9 Å². The van der Waals surface area contributed by atoms with Gasteiger partial charge in [0.25, 0.3) is 0 Å². The van der Waals surface area contributed by atoms with E-state index in [-0.39, 0.29) is 12.2 Å². The molecule has 0 saturated carbocycles. The van der Waals surface area contributed by atoms with Crippen LogP contribution in [0.1, 0.15) is 37.2 Å². The van der Waals surface area contributed by atoms with Crippen molar-refractivity contribution in [3.05, 3.63) is 38.6 Å². The third kappa shape index (κ3) is 2.72. The number of hydrogen-bond acceptors (Lipinski definition) is 5. The van der Waals surface area contributed by atoms with Gasteiger partial charge in [0.05, 0.1) is 34.8 Å². The number of methoxy groups -OCH3 is 1. The molecule has 2 aromatic heterocycles. The highest BCUT2D eigenvalue weighted by molar-refractivity contribution is 7.13. The fourth-order valence-corrected chi connectivity index (χ4v) is 3.13. The van der Waals surface area contributed by atoms with E-state index in [1.54, 1.807) is 13.3 Å². The lowest BCUT2D eigenvalue weighted by Crippen LogP contribution is -2.08. The molecule has 0 unspecified atom stereocenters. The first-order chi connectivity index (χ1) is 9.43. The first-order valence-electron chi connectivity index (χ1n) is 6.40. The number of aryl methyl sites for hydroxylation is 3. The van der Waals surface area contributed by atoms with Gasteiger partial charge in [0.2, 0.25) is 0 Å². The highest BCUT2D eigenvalue weighted by Crippen LogP contribution is 2.26. The second-order valence-corrected chi connectivity index (χ2v) is 6.00. The Morgan fingerprint density at radius 2 is 2.00 bits per heavy atom. The average molecular weight is 290 g/mol. The van der Waals surface area contributed by atoms with Crippen LogP contribution >= 0.6 is 11.3 Å². The molecule has 0 aromatic carbocycles. The van der Waals surface area contributed by atoms with Crippen LogP contribution in [0, 0.1) is 27.7 Å². The maximum absolute atomic E-state index is 12.4. The van der Waals surface area contributed by atoms with Crippen molar-refractivity contribution in [3.8, 4) is 5.75 Å². The lowest BCUT2D eigenvalue weighted by Gasteiger charge is -2.11. The van der Waals surface area contributed by atoms with E-state index in [1.807, 2.05) is 27.7 Å². The molecule has 0 amide bonds. The Hall–Kier alpha value is -1.75. The van der Waals surface area contributed by atoms with Crippen LogP contribution in [0.25, 0.3) is 0 Å². The fraction of sp³-hybridized carbons (Fsp3) is 0.400. The molecule has 2 heterocycles. The summed E-state index contributed by atoms with van der Waals surface area (Å²) in [6.07, 6.45) is 2.03. The Labute approximate surface area is 122 Å². The lowest BCUT2D eigenvalue weighted by atomic mass is 10.1. The number of ketones is 1. The predicted octanol–water partition coefficient (Wildman–Crippen LogP) is 3.21. The Kier molecular flexibility index (Phi) is 4.18. The van der Waals surface area contributed by atoms with Gasteiger partial charge in [0.15, 0.2) is 5.78 Å². The zero-order chi connectivity index (χ0) is 14.9. The lowest BCUT2D eigenvalue weighted by molar-refractivity contribution is 0.0994. The molecule has 0 atom stereocenters. The summed E-state index contributed by atoms with van der Waals surface area (Å²) in [5, 5.41) is 0.914. The summed E-state index contributed by atoms with van der Waals surface area (Å²) in [5.74, 6) is 0.870. The van der Waals surface area contributed by atoms with Crippen LogP contribution in [0.3, 0.4) is 0 Å². The molecule has 0 bridgehead atoms. The molecule has 106 valence electrons. The molecule has 0 saturated heterocycles. The van der Waals surface area contributed by atoms with Crippen molar-refractivity contribution in [1.29, 1.82) is 0 Å². The Bertz CT molecular complexity index is 662. The van der Waals surface area contributed by atoms with Crippen molar-refractivity contribution in [2.45, 2.75) is 34.1 Å². The van der Waals surface area contributed by atoms with Crippen molar-refractivity contribution in [3.63, 3.8) is 0 Å². The Balaban J connectivity index is 2.31. The van der Waals surface area contributed by atoms with Crippen LogP contribution in [0.15, 0.2) is 6.20 Å². The number of pyridine rings is 1. The summed E-state index contributed by atoms with van der Waals surface area (Å²) in [6.45, 7) is 7.66. The highest BCUT2D eigenvalue weighted by Gasteiger charge is 2.18. The summed E-state index contributed by atoms with van der Waals surface area (Å²) in [4.78, 5) is 21.8. The average Bonchev–Trinajstić information content (AvgIpc) is 2.73. The SMILES string of the molecule is COc1c(C)cnc(CC(=O)c2sc(C)nc2C)c1C. The monoisotopic (exact) mass is 290 g/mol. The van der Waals surface area contributed by atoms with Gasteiger partial charge < -0.3 is 4.74 Å². The normalized spacial score (nSPS) is 10.7. The first kappa shape index (κ1) is 14.7. The third-order valence-electron chi connectivity index (χ3n) is 3.23. The molecule has 0 aliphatic carbocycles. The van der Waals surface area contributed by atoms with Crippen LogP contribution in [0.4, 0.5) is 0 Å². The van der Waals surface area contributed by atoms with Crippen molar-refractivity contribution >= 4 is 17.1 Å². The van der Waals surface area contributed by atoms with E-state index < -0.39 is 0 Å². The largest absolute Gasteiger partial charge is 0.496 e. The second-order valence-electron chi connectivity index (χ2n) is 4.79. The molecule has 5 heteroatoms. The third-order valence-corrected chi connectivity index (χ3v) is 4.35. The van der Waals surface area contributed by atoms with E-state index >= 15 is 0 Å². The number of ether oxygens (including phenoxy) is 1. The molecular formula is C15H18N2O2S. The number of carbonyl (C=O) groups is 1. The fourth-order valence-electron chi connectivity index (χ4n) is 2.27. The number of carbonyl (C=O) groups excluding carboxylic acids is 1. The highest BCUT2D eigenvalue weighted by atomic mass is 32.1. The standard InChI is InChI=1S/C15H18N2O2S/c1-8-7-16-12(9(2)14(8)19-5)6-13(18)15-10(3)17-11(4)20-15/h7H,6H2,1-5H3. The number of nitrogens with zero attached hydrogens (tertiary/aromatic N) is 2. The molecule has 0 spiro atoms. The van der Waals surface area contributed by atoms with Gasteiger partial charge in [-0.3, -0.25) is 9.78 Å². The summed E-state index contributed by atoms with van der Waals surface area (Å²) in [7, 11) is 1.64. The van der Waals surface area contributed by atoms with Crippen molar-refractivity contribution in [2.24, 2.45) is 0 Å². The van der Waals surface area contributed by atoms with Gasteiger partial charge in [-0.05, 0) is 27.7 Å². The van der Waals surface area contributed by atoms with E-state index in [0.29, 0.717) is 0 Å². The summed E-state index contributed by atoms with van der Waals surface area (Å²) in [5.41, 5.74) is 3.47. The van der Waals surface area contributed by atoms with Gasteiger partial charge in [-0.1, -0.05) is 0 Å². The molecule has 0 aliphatic heterocycles. The van der Waals surface area contributed by atoms with Crippen LogP contribution < -0.4 is 4.74 Å². The number of hydrogen-bond donors (Lipinski definition) is 0. The van der Waals surface area contributed by atoms with Gasteiger partial charge in [0.1, 0.15) is 5.75 Å². The molecule has 2 rings (SSSR count). The van der Waals surface area contributed by atoms with E-state index in [2.05, 4.69) is 9.97 Å². The van der Waals surface area contributed by atoms with E-state index in [9.17, 15) is 4.79 Å². The maximum Gasteiger partial charge on any atom is 0.180 e. The van der Waals surface area contributed by atoms with Crippen LogP contribution in [0.5, 0.6) is 5.75 Å². The van der Waals surface area contributed by atoms with Crippen molar-refractivity contribution in [1.82, 2.24) is 9.97 Å². The summed E-state index contributed by atoms with van der Waals surface area (Å²) >= 11 is 1.44. The van der Waals surface area contributed by atoms with Crippen LogP contribution in [-0.2, 0) is 6.42 Å². The predicted molar refractivity (Wildman–Crippen MR) is 79.9 cm³/mol. The minimum absolute atomic E-state index is 0.0645. The minimum atomic E-state index is 0.0645. The van der Waals surface area contributed by atoms with Gasteiger partial charge >= 0.3 is 0 Å². The zero-order valence-corrected chi connectivity index (χ0v) is 13.2. The number of Topliss-reactive ketones (excluding diaryl/α,β-unsaturated/α-hetero) is 1. The van der Waals surface area contributed by atoms with Gasteiger partial charge in [-0.25, -0.2) is 4.98 Å². The molecule has 0 fully saturated rings. The van der Waals surface area contributed by atoms with Gasteiger partial charge in [0, 0.05) is 17.3 Å². The number of rotatable bonds is 4. The first-order valence-corrected chi connectivity index (χ1v) is 7.22.